The molecule has 1 saturated heterocycles. The van der Waals surface area contributed by atoms with Crippen LogP contribution in [-0.2, 0) is 6.54 Å². The zero-order valence-electron chi connectivity index (χ0n) is 9.72. The molecule has 1 aromatic heterocycles. The molecule has 0 unspecified atom stereocenters. The summed E-state index contributed by atoms with van der Waals surface area (Å²) in [6, 6.07) is 4.58. The van der Waals surface area contributed by atoms with Crippen molar-refractivity contribution in [1.82, 2.24) is 9.88 Å². The minimum absolute atomic E-state index is 0. The highest BCUT2D eigenvalue weighted by Gasteiger charge is 2.16. The van der Waals surface area contributed by atoms with E-state index in [4.69, 9.17) is 5.73 Å². The second-order valence-electron chi connectivity index (χ2n) is 4.45. The van der Waals surface area contributed by atoms with Crippen LogP contribution in [0.4, 0.5) is 0 Å². The number of aromatic nitrogens is 1. The number of nitrogens with two attached hydrogens (primary N) is 1. The van der Waals surface area contributed by atoms with Crippen LogP contribution < -0.4 is 5.73 Å². The Kier molecular flexibility index (Phi) is 5.19. The lowest BCUT2D eigenvalue weighted by atomic mass is 10.1. The van der Waals surface area contributed by atoms with Crippen molar-refractivity contribution >= 4 is 12.4 Å². The molecule has 1 fully saturated rings. The Hall–Kier alpha value is -0.640. The van der Waals surface area contributed by atoms with Crippen LogP contribution in [0.5, 0.6) is 0 Å². The lowest BCUT2D eigenvalue weighted by Crippen LogP contribution is -2.42. The standard InChI is InChI=1S/C12H19N3.ClH/c1-10-4-5-11(7-14-10)8-15-6-2-3-12(13)9-15;/h4-5,7,12H,2-3,6,8-9,13H2,1H3;1H/t12-;/m1./s1. The minimum Gasteiger partial charge on any atom is -0.327 e. The van der Waals surface area contributed by atoms with Gasteiger partial charge in [-0.25, -0.2) is 0 Å². The van der Waals surface area contributed by atoms with Crippen molar-refractivity contribution in [2.45, 2.75) is 32.4 Å². The number of hydrogen-bond acceptors (Lipinski definition) is 3. The first-order valence-corrected chi connectivity index (χ1v) is 5.63. The van der Waals surface area contributed by atoms with Crippen molar-refractivity contribution in [1.29, 1.82) is 0 Å². The summed E-state index contributed by atoms with van der Waals surface area (Å²) in [7, 11) is 0. The van der Waals surface area contributed by atoms with E-state index in [1.165, 1.54) is 24.9 Å². The van der Waals surface area contributed by atoms with Gasteiger partial charge in [-0.2, -0.15) is 0 Å². The van der Waals surface area contributed by atoms with Crippen LogP contribution in [-0.4, -0.2) is 29.0 Å². The zero-order chi connectivity index (χ0) is 10.7. The molecule has 16 heavy (non-hydrogen) atoms. The topological polar surface area (TPSA) is 42.1 Å². The fourth-order valence-electron chi connectivity index (χ4n) is 2.09. The Morgan fingerprint density at radius 2 is 2.31 bits per heavy atom. The van der Waals surface area contributed by atoms with Crippen LogP contribution >= 0.6 is 12.4 Å². The van der Waals surface area contributed by atoms with Gasteiger partial charge in [0.05, 0.1) is 0 Å². The third-order valence-corrected chi connectivity index (χ3v) is 2.92. The van der Waals surface area contributed by atoms with E-state index in [0.29, 0.717) is 6.04 Å². The fourth-order valence-corrected chi connectivity index (χ4v) is 2.09. The van der Waals surface area contributed by atoms with E-state index in [2.05, 4.69) is 22.0 Å². The van der Waals surface area contributed by atoms with Gasteiger partial charge in [-0.3, -0.25) is 9.88 Å². The third-order valence-electron chi connectivity index (χ3n) is 2.92. The first-order chi connectivity index (χ1) is 7.24. The predicted molar refractivity (Wildman–Crippen MR) is 68.7 cm³/mol. The molecule has 1 aliphatic rings. The Labute approximate surface area is 103 Å². The summed E-state index contributed by atoms with van der Waals surface area (Å²) >= 11 is 0. The molecule has 90 valence electrons. The van der Waals surface area contributed by atoms with Crippen LogP contribution in [0.25, 0.3) is 0 Å². The van der Waals surface area contributed by atoms with Crippen molar-refractivity contribution in [3.05, 3.63) is 29.6 Å². The molecule has 4 heteroatoms. The quantitative estimate of drug-likeness (QED) is 0.858. The summed E-state index contributed by atoms with van der Waals surface area (Å²) in [6.45, 7) is 5.19. The average molecular weight is 242 g/mol. The molecular formula is C12H20ClN3. The molecule has 2 rings (SSSR count). The third kappa shape index (κ3) is 3.74. The molecular weight excluding hydrogens is 222 g/mol. The Bertz CT molecular complexity index is 313. The lowest BCUT2D eigenvalue weighted by Gasteiger charge is -2.30. The van der Waals surface area contributed by atoms with Crippen LogP contribution in [0.2, 0.25) is 0 Å². The van der Waals surface area contributed by atoms with E-state index < -0.39 is 0 Å². The second-order valence-corrected chi connectivity index (χ2v) is 4.45. The molecule has 0 amide bonds. The highest BCUT2D eigenvalue weighted by Crippen LogP contribution is 2.12. The summed E-state index contributed by atoms with van der Waals surface area (Å²) in [5, 5.41) is 0. The number of halogens is 1. The van der Waals surface area contributed by atoms with Gasteiger partial charge >= 0.3 is 0 Å². The van der Waals surface area contributed by atoms with Crippen molar-refractivity contribution in [3.8, 4) is 0 Å². The molecule has 0 bridgehead atoms. The summed E-state index contributed by atoms with van der Waals surface area (Å²) in [4.78, 5) is 6.72. The molecule has 2 N–H and O–H groups in total. The van der Waals surface area contributed by atoms with E-state index in [-0.39, 0.29) is 12.4 Å². The first kappa shape index (κ1) is 13.4. The monoisotopic (exact) mass is 241 g/mol. The summed E-state index contributed by atoms with van der Waals surface area (Å²) in [5.41, 5.74) is 8.31. The van der Waals surface area contributed by atoms with E-state index in [1.54, 1.807) is 0 Å². The summed E-state index contributed by atoms with van der Waals surface area (Å²) in [5.74, 6) is 0. The highest BCUT2D eigenvalue weighted by molar-refractivity contribution is 5.85. The minimum atomic E-state index is 0. The van der Waals surface area contributed by atoms with Gasteiger partial charge in [0.2, 0.25) is 0 Å². The van der Waals surface area contributed by atoms with Gasteiger partial charge in [0.15, 0.2) is 0 Å². The van der Waals surface area contributed by atoms with E-state index in [9.17, 15) is 0 Å². The number of nitrogens with zero attached hydrogens (tertiary/aromatic N) is 2. The highest BCUT2D eigenvalue weighted by atomic mass is 35.5. The summed E-state index contributed by atoms with van der Waals surface area (Å²) < 4.78 is 0. The molecule has 1 aliphatic heterocycles. The number of aryl methyl sites for hydroxylation is 1. The Morgan fingerprint density at radius 3 is 2.94 bits per heavy atom. The van der Waals surface area contributed by atoms with Gasteiger partial charge in [0.1, 0.15) is 0 Å². The smallest absolute Gasteiger partial charge is 0.0372 e. The maximum Gasteiger partial charge on any atom is 0.0372 e. The van der Waals surface area contributed by atoms with E-state index in [0.717, 1.165) is 18.8 Å². The van der Waals surface area contributed by atoms with Gasteiger partial charge in [0, 0.05) is 31.0 Å². The molecule has 0 saturated carbocycles. The lowest BCUT2D eigenvalue weighted by molar-refractivity contribution is 0.201. The van der Waals surface area contributed by atoms with Crippen LogP contribution in [0, 0.1) is 6.92 Å². The van der Waals surface area contributed by atoms with Gasteiger partial charge in [-0.05, 0) is 37.9 Å². The second kappa shape index (κ2) is 6.18. The van der Waals surface area contributed by atoms with Gasteiger partial charge in [-0.15, -0.1) is 12.4 Å². The largest absolute Gasteiger partial charge is 0.327 e. The van der Waals surface area contributed by atoms with Crippen molar-refractivity contribution in [3.63, 3.8) is 0 Å². The maximum atomic E-state index is 5.95. The Morgan fingerprint density at radius 1 is 1.50 bits per heavy atom. The molecule has 0 aromatic carbocycles. The maximum absolute atomic E-state index is 5.95. The first-order valence-electron chi connectivity index (χ1n) is 5.63. The molecule has 1 atom stereocenters. The van der Waals surface area contributed by atoms with Crippen molar-refractivity contribution < 1.29 is 0 Å². The van der Waals surface area contributed by atoms with Crippen molar-refractivity contribution in [2.24, 2.45) is 5.73 Å². The number of rotatable bonds is 2. The molecule has 0 spiro atoms. The van der Waals surface area contributed by atoms with E-state index >= 15 is 0 Å². The van der Waals surface area contributed by atoms with Gasteiger partial charge in [-0.1, -0.05) is 6.07 Å². The SMILES string of the molecule is Cc1ccc(CN2CCC[C@@H](N)C2)cn1.Cl. The predicted octanol–water partition coefficient (Wildman–Crippen LogP) is 1.73. The molecule has 3 nitrogen and oxygen atoms in total. The number of pyridine rings is 1. The van der Waals surface area contributed by atoms with Crippen LogP contribution in [0.15, 0.2) is 18.3 Å². The normalized spacial score (nSPS) is 21.5. The summed E-state index contributed by atoms with van der Waals surface area (Å²) in [6.07, 6.45) is 4.36. The van der Waals surface area contributed by atoms with E-state index in [1.807, 2.05) is 13.1 Å². The Balaban J connectivity index is 0.00000128. The zero-order valence-corrected chi connectivity index (χ0v) is 10.5. The van der Waals surface area contributed by atoms with Crippen LogP contribution in [0.3, 0.4) is 0 Å². The van der Waals surface area contributed by atoms with Crippen LogP contribution in [0.1, 0.15) is 24.1 Å². The average Bonchev–Trinajstić information content (AvgIpc) is 2.22. The van der Waals surface area contributed by atoms with Gasteiger partial charge < -0.3 is 5.73 Å². The molecule has 0 radical (unpaired) electrons. The number of hydrogen-bond donors (Lipinski definition) is 1. The van der Waals surface area contributed by atoms with Gasteiger partial charge in [0.25, 0.3) is 0 Å². The number of likely N-dealkylation sites (tertiary alicyclic amines) is 1. The number of piperidine rings is 1. The molecule has 1 aromatic rings. The molecule has 2 heterocycles. The fraction of sp³-hybridized carbons (Fsp3) is 0.583. The van der Waals surface area contributed by atoms with Crippen molar-refractivity contribution in [2.75, 3.05) is 13.1 Å². The molecule has 0 aliphatic carbocycles.